The fourth-order valence-electron chi connectivity index (χ4n) is 2.36. The molecule has 7 heteroatoms. The summed E-state index contributed by atoms with van der Waals surface area (Å²) in [5.41, 5.74) is 0.804. The number of halogens is 2. The molecule has 1 saturated heterocycles. The molecule has 19 heavy (non-hydrogen) atoms. The number of aliphatic carboxylic acids is 1. The van der Waals surface area contributed by atoms with Crippen LogP contribution in [0.1, 0.15) is 25.7 Å². The van der Waals surface area contributed by atoms with Crippen molar-refractivity contribution >= 4 is 34.9 Å². The van der Waals surface area contributed by atoms with Crippen LogP contribution in [0.15, 0.2) is 6.07 Å². The van der Waals surface area contributed by atoms with E-state index in [9.17, 15) is 4.79 Å². The van der Waals surface area contributed by atoms with E-state index in [1.54, 1.807) is 6.07 Å². The maximum Gasteiger partial charge on any atom is 0.303 e. The molecule has 1 aliphatic rings. The highest BCUT2D eigenvalue weighted by atomic mass is 35.5. The van der Waals surface area contributed by atoms with Crippen LogP contribution in [0, 0.1) is 5.92 Å². The van der Waals surface area contributed by atoms with Crippen LogP contribution in [-0.4, -0.2) is 34.4 Å². The summed E-state index contributed by atoms with van der Waals surface area (Å²) >= 11 is 11.8. The van der Waals surface area contributed by atoms with Crippen LogP contribution < -0.4 is 4.90 Å². The van der Waals surface area contributed by atoms with Crippen LogP contribution in [0.25, 0.3) is 0 Å². The van der Waals surface area contributed by atoms with Crippen molar-refractivity contribution in [2.45, 2.75) is 25.7 Å². The number of hydrogen-bond acceptors (Lipinski definition) is 4. The molecule has 0 aliphatic carbocycles. The molecular formula is C12H15Cl2N3O2. The normalized spacial score (nSPS) is 16.6. The van der Waals surface area contributed by atoms with Crippen LogP contribution in [-0.2, 0) is 4.79 Å². The minimum atomic E-state index is -0.726. The lowest BCUT2D eigenvalue weighted by atomic mass is 9.92. The predicted octanol–water partition coefficient (Wildman–Crippen LogP) is 2.86. The Kier molecular flexibility index (Phi) is 4.82. The third-order valence-electron chi connectivity index (χ3n) is 3.42. The Balaban J connectivity index is 1.92. The van der Waals surface area contributed by atoms with Crippen LogP contribution in [0.4, 0.5) is 5.69 Å². The van der Waals surface area contributed by atoms with E-state index in [4.69, 9.17) is 28.3 Å². The van der Waals surface area contributed by atoms with E-state index in [1.165, 1.54) is 0 Å². The summed E-state index contributed by atoms with van der Waals surface area (Å²) in [4.78, 5) is 12.7. The van der Waals surface area contributed by atoms with Crippen molar-refractivity contribution in [2.75, 3.05) is 18.0 Å². The fourth-order valence-corrected chi connectivity index (χ4v) is 2.71. The number of hydrogen-bond donors (Lipinski definition) is 1. The highest BCUT2D eigenvalue weighted by Gasteiger charge is 2.22. The van der Waals surface area contributed by atoms with E-state index in [-0.39, 0.29) is 6.42 Å². The lowest BCUT2D eigenvalue weighted by Crippen LogP contribution is -2.34. The van der Waals surface area contributed by atoms with Gasteiger partial charge in [-0.15, -0.1) is 10.2 Å². The number of piperidine rings is 1. The van der Waals surface area contributed by atoms with Crippen LogP contribution >= 0.6 is 23.2 Å². The summed E-state index contributed by atoms with van der Waals surface area (Å²) < 4.78 is 0. The largest absolute Gasteiger partial charge is 0.481 e. The van der Waals surface area contributed by atoms with Crippen molar-refractivity contribution < 1.29 is 9.90 Å². The van der Waals surface area contributed by atoms with Gasteiger partial charge < -0.3 is 10.0 Å². The standard InChI is InChI=1S/C12H15Cl2N3O2/c13-10-7-9(12(14)16-15-10)17-5-3-8(4-6-17)1-2-11(18)19/h7-8H,1-6H2,(H,18,19). The number of carboxylic acids is 1. The van der Waals surface area contributed by atoms with E-state index in [0.717, 1.165) is 38.0 Å². The molecule has 2 heterocycles. The Morgan fingerprint density at radius 3 is 2.68 bits per heavy atom. The van der Waals surface area contributed by atoms with Crippen molar-refractivity contribution in [3.63, 3.8) is 0 Å². The zero-order valence-corrected chi connectivity index (χ0v) is 11.9. The Hall–Kier alpha value is -1.07. The second kappa shape index (κ2) is 6.39. The molecule has 104 valence electrons. The molecule has 0 radical (unpaired) electrons. The summed E-state index contributed by atoms with van der Waals surface area (Å²) in [5, 5.41) is 16.9. The molecule has 0 saturated carbocycles. The number of aromatic nitrogens is 2. The smallest absolute Gasteiger partial charge is 0.303 e. The average molecular weight is 304 g/mol. The fraction of sp³-hybridized carbons (Fsp3) is 0.583. The molecule has 0 spiro atoms. The highest BCUT2D eigenvalue weighted by Crippen LogP contribution is 2.30. The molecular weight excluding hydrogens is 289 g/mol. The molecule has 1 aromatic rings. The van der Waals surface area contributed by atoms with Gasteiger partial charge in [0.1, 0.15) is 0 Å². The Morgan fingerprint density at radius 1 is 1.37 bits per heavy atom. The summed E-state index contributed by atoms with van der Waals surface area (Å²) in [6.07, 6.45) is 2.91. The van der Waals surface area contributed by atoms with Gasteiger partial charge in [-0.2, -0.15) is 0 Å². The first-order valence-corrected chi connectivity index (χ1v) is 6.97. The van der Waals surface area contributed by atoms with Crippen molar-refractivity contribution in [3.8, 4) is 0 Å². The summed E-state index contributed by atoms with van der Waals surface area (Å²) in [6.45, 7) is 1.68. The van der Waals surface area contributed by atoms with E-state index in [1.807, 2.05) is 0 Å². The van der Waals surface area contributed by atoms with E-state index in [2.05, 4.69) is 15.1 Å². The molecule has 0 amide bonds. The van der Waals surface area contributed by atoms with Crippen molar-refractivity contribution in [3.05, 3.63) is 16.4 Å². The maximum atomic E-state index is 10.6. The minimum Gasteiger partial charge on any atom is -0.481 e. The number of rotatable bonds is 4. The van der Waals surface area contributed by atoms with E-state index >= 15 is 0 Å². The number of anilines is 1. The molecule has 0 unspecified atom stereocenters. The maximum absolute atomic E-state index is 10.6. The van der Waals surface area contributed by atoms with Gasteiger partial charge in [0.05, 0.1) is 5.69 Å². The average Bonchev–Trinajstić information content (AvgIpc) is 2.40. The second-order valence-corrected chi connectivity index (χ2v) is 5.45. The van der Waals surface area contributed by atoms with Crippen LogP contribution in [0.3, 0.4) is 0 Å². The van der Waals surface area contributed by atoms with Gasteiger partial charge in [0.2, 0.25) is 0 Å². The molecule has 2 rings (SSSR count). The molecule has 1 N–H and O–H groups in total. The van der Waals surface area contributed by atoms with Gasteiger partial charge in [-0.1, -0.05) is 23.2 Å². The van der Waals surface area contributed by atoms with E-state index < -0.39 is 5.97 Å². The van der Waals surface area contributed by atoms with E-state index in [0.29, 0.717) is 16.2 Å². The monoisotopic (exact) mass is 303 g/mol. The zero-order valence-electron chi connectivity index (χ0n) is 10.4. The van der Waals surface area contributed by atoms with Gasteiger partial charge in [-0.3, -0.25) is 4.79 Å². The van der Waals surface area contributed by atoms with Gasteiger partial charge in [-0.25, -0.2) is 0 Å². The first kappa shape index (κ1) is 14.3. The second-order valence-electron chi connectivity index (χ2n) is 4.71. The Labute approximate surface area is 121 Å². The van der Waals surface area contributed by atoms with Crippen molar-refractivity contribution in [1.29, 1.82) is 0 Å². The number of nitrogens with zero attached hydrogens (tertiary/aromatic N) is 3. The zero-order chi connectivity index (χ0) is 13.8. The van der Waals surface area contributed by atoms with Crippen molar-refractivity contribution in [1.82, 2.24) is 10.2 Å². The third kappa shape index (κ3) is 3.94. The lowest BCUT2D eigenvalue weighted by molar-refractivity contribution is -0.137. The number of carbonyl (C=O) groups is 1. The molecule has 1 fully saturated rings. The van der Waals surface area contributed by atoms with Gasteiger partial charge in [-0.05, 0) is 25.2 Å². The first-order chi connectivity index (χ1) is 9.06. The third-order valence-corrected chi connectivity index (χ3v) is 3.88. The van der Waals surface area contributed by atoms with Gasteiger partial charge in [0.25, 0.3) is 0 Å². The molecule has 0 atom stereocenters. The topological polar surface area (TPSA) is 66.3 Å². The number of carboxylic acid groups (broad SMARTS) is 1. The lowest BCUT2D eigenvalue weighted by Gasteiger charge is -2.33. The van der Waals surface area contributed by atoms with Crippen LogP contribution in [0.5, 0.6) is 0 Å². The quantitative estimate of drug-likeness (QED) is 0.926. The Morgan fingerprint density at radius 2 is 2.05 bits per heavy atom. The van der Waals surface area contributed by atoms with Crippen LogP contribution in [0.2, 0.25) is 10.3 Å². The SMILES string of the molecule is O=C(O)CCC1CCN(c2cc(Cl)nnc2Cl)CC1. The molecule has 1 aromatic heterocycles. The minimum absolute atomic E-state index is 0.244. The predicted molar refractivity (Wildman–Crippen MR) is 73.9 cm³/mol. The Bertz CT molecular complexity index is 462. The van der Waals surface area contributed by atoms with Crippen molar-refractivity contribution in [2.24, 2.45) is 5.92 Å². The molecule has 1 aliphatic heterocycles. The summed E-state index contributed by atoms with van der Waals surface area (Å²) in [7, 11) is 0. The van der Waals surface area contributed by atoms with Gasteiger partial charge >= 0.3 is 5.97 Å². The summed E-state index contributed by atoms with van der Waals surface area (Å²) in [5.74, 6) is -0.257. The molecule has 0 aromatic carbocycles. The molecule has 5 nitrogen and oxygen atoms in total. The summed E-state index contributed by atoms with van der Waals surface area (Å²) in [6, 6.07) is 1.72. The van der Waals surface area contributed by atoms with Gasteiger partial charge in [0, 0.05) is 25.6 Å². The highest BCUT2D eigenvalue weighted by molar-refractivity contribution is 6.33. The molecule has 0 bridgehead atoms. The first-order valence-electron chi connectivity index (χ1n) is 6.21. The van der Waals surface area contributed by atoms with Gasteiger partial charge in [0.15, 0.2) is 10.3 Å².